The van der Waals surface area contributed by atoms with Crippen molar-refractivity contribution in [3.63, 3.8) is 0 Å². The van der Waals surface area contributed by atoms with Crippen LogP contribution in [0.2, 0.25) is 5.15 Å². The van der Waals surface area contributed by atoms with Crippen LogP contribution in [-0.2, 0) is 6.54 Å². The zero-order valence-corrected chi connectivity index (χ0v) is 11.8. The smallest absolute Gasteiger partial charge is 0.234 e. The minimum absolute atomic E-state index is 0.159. The van der Waals surface area contributed by atoms with Crippen LogP contribution in [0.15, 0.2) is 42.7 Å². The molecule has 1 aliphatic rings. The molecule has 0 spiro atoms. The van der Waals surface area contributed by atoms with E-state index in [1.807, 2.05) is 6.07 Å². The van der Waals surface area contributed by atoms with Crippen LogP contribution in [0.5, 0.6) is 5.88 Å². The number of rotatable bonds is 4. The van der Waals surface area contributed by atoms with Crippen molar-refractivity contribution in [3.05, 3.63) is 53.4 Å². The summed E-state index contributed by atoms with van der Waals surface area (Å²) in [6, 6.07) is 10.5. The number of ether oxygens (including phenoxy) is 1. The molecule has 5 heteroatoms. The molecule has 0 bridgehead atoms. The maximum Gasteiger partial charge on any atom is 0.234 e. The van der Waals surface area contributed by atoms with Gasteiger partial charge in [-0.2, -0.15) is 4.98 Å². The number of benzene rings is 1. The minimum Gasteiger partial charge on any atom is -0.472 e. The van der Waals surface area contributed by atoms with Gasteiger partial charge in [0.15, 0.2) is 5.15 Å². The second-order valence-corrected chi connectivity index (χ2v) is 5.32. The van der Waals surface area contributed by atoms with Gasteiger partial charge in [0.25, 0.3) is 0 Å². The van der Waals surface area contributed by atoms with Crippen molar-refractivity contribution in [1.82, 2.24) is 14.9 Å². The Balaban J connectivity index is 1.54. The number of halogens is 1. The lowest BCUT2D eigenvalue weighted by Gasteiger charge is -2.16. The summed E-state index contributed by atoms with van der Waals surface area (Å²) in [6.07, 6.45) is 4.27. The van der Waals surface area contributed by atoms with E-state index in [0.717, 1.165) is 26.1 Å². The molecule has 3 rings (SSSR count). The molecule has 1 aromatic carbocycles. The van der Waals surface area contributed by atoms with E-state index in [-0.39, 0.29) is 6.10 Å². The van der Waals surface area contributed by atoms with Gasteiger partial charge >= 0.3 is 0 Å². The van der Waals surface area contributed by atoms with E-state index in [1.54, 1.807) is 6.20 Å². The van der Waals surface area contributed by atoms with Crippen molar-refractivity contribution in [2.24, 2.45) is 0 Å². The van der Waals surface area contributed by atoms with E-state index in [9.17, 15) is 0 Å². The monoisotopic (exact) mass is 289 g/mol. The third-order valence-corrected chi connectivity index (χ3v) is 3.53. The summed E-state index contributed by atoms with van der Waals surface area (Å²) in [7, 11) is 0. The summed E-state index contributed by atoms with van der Waals surface area (Å²) in [5.41, 5.74) is 1.33. The maximum atomic E-state index is 5.82. The summed E-state index contributed by atoms with van der Waals surface area (Å²) in [4.78, 5) is 10.5. The molecule has 2 heterocycles. The highest BCUT2D eigenvalue weighted by Crippen LogP contribution is 2.18. The molecule has 1 aromatic heterocycles. The third kappa shape index (κ3) is 3.46. The normalized spacial score (nSPS) is 19.1. The van der Waals surface area contributed by atoms with Gasteiger partial charge in [-0.05, 0) is 12.0 Å². The van der Waals surface area contributed by atoms with E-state index < -0.39 is 0 Å². The fourth-order valence-corrected chi connectivity index (χ4v) is 2.57. The lowest BCUT2D eigenvalue weighted by molar-refractivity contribution is 0.190. The molecular formula is C15H16ClN3O. The van der Waals surface area contributed by atoms with Crippen LogP contribution in [0.1, 0.15) is 12.0 Å². The topological polar surface area (TPSA) is 38.2 Å². The lowest BCUT2D eigenvalue weighted by atomic mass is 10.2. The summed E-state index contributed by atoms with van der Waals surface area (Å²) in [5, 5.41) is 0.363. The fraction of sp³-hybridized carbons (Fsp3) is 0.333. The molecule has 0 radical (unpaired) electrons. The molecule has 4 nitrogen and oxygen atoms in total. The quantitative estimate of drug-likeness (QED) is 0.867. The Hall–Kier alpha value is -1.65. The van der Waals surface area contributed by atoms with Crippen LogP contribution in [0, 0.1) is 0 Å². The molecule has 0 amide bonds. The van der Waals surface area contributed by atoms with Crippen molar-refractivity contribution in [2.45, 2.75) is 19.1 Å². The maximum absolute atomic E-state index is 5.82. The van der Waals surface area contributed by atoms with Crippen LogP contribution in [-0.4, -0.2) is 34.1 Å². The summed E-state index contributed by atoms with van der Waals surface area (Å²) < 4.78 is 5.82. The van der Waals surface area contributed by atoms with Crippen molar-refractivity contribution < 1.29 is 4.74 Å². The fourth-order valence-electron chi connectivity index (χ4n) is 2.43. The third-order valence-electron chi connectivity index (χ3n) is 3.35. The first-order chi connectivity index (χ1) is 9.79. The molecule has 0 saturated carbocycles. The molecule has 1 atom stereocenters. The van der Waals surface area contributed by atoms with Gasteiger partial charge in [-0.25, -0.2) is 0 Å². The summed E-state index contributed by atoms with van der Waals surface area (Å²) in [6.45, 7) is 2.90. The van der Waals surface area contributed by atoms with Gasteiger partial charge in [-0.15, -0.1) is 0 Å². The molecule has 1 unspecified atom stereocenters. The first-order valence-corrected chi connectivity index (χ1v) is 7.08. The highest BCUT2D eigenvalue weighted by molar-refractivity contribution is 6.29. The van der Waals surface area contributed by atoms with Crippen molar-refractivity contribution in [1.29, 1.82) is 0 Å². The second-order valence-electron chi connectivity index (χ2n) is 4.93. The molecule has 0 aliphatic carbocycles. The minimum atomic E-state index is 0.159. The highest BCUT2D eigenvalue weighted by atomic mass is 35.5. The number of hydrogen-bond donors (Lipinski definition) is 0. The summed E-state index contributed by atoms with van der Waals surface area (Å²) in [5.74, 6) is 0.504. The number of likely N-dealkylation sites (tertiary alicyclic amines) is 1. The Morgan fingerprint density at radius 3 is 2.90 bits per heavy atom. The first kappa shape index (κ1) is 13.3. The SMILES string of the molecule is Clc1cncc(OC2CCN(Cc3ccccc3)C2)n1. The van der Waals surface area contributed by atoms with Gasteiger partial charge in [-0.3, -0.25) is 9.88 Å². The Bertz CT molecular complexity index is 564. The lowest BCUT2D eigenvalue weighted by Crippen LogP contribution is -2.24. The predicted molar refractivity (Wildman–Crippen MR) is 77.8 cm³/mol. The highest BCUT2D eigenvalue weighted by Gasteiger charge is 2.24. The van der Waals surface area contributed by atoms with Crippen LogP contribution >= 0.6 is 11.6 Å². The van der Waals surface area contributed by atoms with Crippen molar-refractivity contribution in [3.8, 4) is 5.88 Å². The van der Waals surface area contributed by atoms with Crippen LogP contribution in [0.4, 0.5) is 0 Å². The number of aromatic nitrogens is 2. The Kier molecular flexibility index (Phi) is 4.14. The molecule has 2 aromatic rings. The standard InChI is InChI=1S/C15H16ClN3O/c16-14-8-17-9-15(18-14)20-13-6-7-19(11-13)10-12-4-2-1-3-5-12/h1-5,8-9,13H,6-7,10-11H2. The number of hydrogen-bond acceptors (Lipinski definition) is 4. The average Bonchev–Trinajstić information content (AvgIpc) is 2.87. The number of nitrogens with zero attached hydrogens (tertiary/aromatic N) is 3. The van der Waals surface area contributed by atoms with Gasteiger partial charge in [0.2, 0.25) is 5.88 Å². The van der Waals surface area contributed by atoms with Gasteiger partial charge in [0.1, 0.15) is 6.10 Å². The molecule has 104 valence electrons. The largest absolute Gasteiger partial charge is 0.472 e. The van der Waals surface area contributed by atoms with E-state index in [4.69, 9.17) is 16.3 Å². The van der Waals surface area contributed by atoms with Crippen LogP contribution in [0.25, 0.3) is 0 Å². The Morgan fingerprint density at radius 1 is 1.25 bits per heavy atom. The molecule has 1 saturated heterocycles. The van der Waals surface area contributed by atoms with Gasteiger partial charge in [0.05, 0.1) is 12.4 Å². The first-order valence-electron chi connectivity index (χ1n) is 6.70. The van der Waals surface area contributed by atoms with Gasteiger partial charge < -0.3 is 4.74 Å². The van der Waals surface area contributed by atoms with E-state index in [1.165, 1.54) is 11.8 Å². The predicted octanol–water partition coefficient (Wildman–Crippen LogP) is 2.78. The van der Waals surface area contributed by atoms with E-state index in [2.05, 4.69) is 39.1 Å². The Labute approximate surface area is 123 Å². The Morgan fingerprint density at radius 2 is 2.10 bits per heavy atom. The zero-order valence-electron chi connectivity index (χ0n) is 11.1. The van der Waals surface area contributed by atoms with Crippen LogP contribution < -0.4 is 4.74 Å². The van der Waals surface area contributed by atoms with E-state index >= 15 is 0 Å². The van der Waals surface area contributed by atoms with Crippen molar-refractivity contribution >= 4 is 11.6 Å². The second kappa shape index (κ2) is 6.20. The average molecular weight is 290 g/mol. The molecule has 1 fully saturated rings. The van der Waals surface area contributed by atoms with Crippen LogP contribution in [0.3, 0.4) is 0 Å². The molecule has 0 N–H and O–H groups in total. The molecular weight excluding hydrogens is 274 g/mol. The van der Waals surface area contributed by atoms with E-state index in [0.29, 0.717) is 11.0 Å². The molecule has 20 heavy (non-hydrogen) atoms. The van der Waals surface area contributed by atoms with Gasteiger partial charge in [-0.1, -0.05) is 41.9 Å². The zero-order chi connectivity index (χ0) is 13.8. The van der Waals surface area contributed by atoms with Crippen molar-refractivity contribution in [2.75, 3.05) is 13.1 Å². The molecule has 1 aliphatic heterocycles. The summed E-state index contributed by atoms with van der Waals surface area (Å²) >= 11 is 5.80. The van der Waals surface area contributed by atoms with Gasteiger partial charge in [0, 0.05) is 19.6 Å².